The van der Waals surface area contributed by atoms with Crippen molar-refractivity contribution in [2.75, 3.05) is 26.2 Å². The van der Waals surface area contributed by atoms with Crippen molar-refractivity contribution in [3.8, 4) is 0 Å². The zero-order valence-corrected chi connectivity index (χ0v) is 76.0. The second kappa shape index (κ2) is 52.4. The van der Waals surface area contributed by atoms with Crippen molar-refractivity contribution in [1.29, 1.82) is 0 Å². The molecule has 4 aromatic carbocycles. The van der Waals surface area contributed by atoms with Gasteiger partial charge in [-0.25, -0.2) is 19.2 Å². The number of aromatic carboxylic acids is 4. The molecule has 0 saturated carbocycles. The zero-order chi connectivity index (χ0) is 88.9. The van der Waals surface area contributed by atoms with Gasteiger partial charge in [-0.3, -0.25) is 19.2 Å². The van der Waals surface area contributed by atoms with Crippen molar-refractivity contribution >= 4 is 116 Å². The van der Waals surface area contributed by atoms with E-state index in [0.717, 1.165) is 225 Å². The topological polar surface area (TPSA) is 321 Å². The Morgan fingerprint density at radius 1 is 0.315 bits per heavy atom. The van der Waals surface area contributed by atoms with Crippen molar-refractivity contribution in [2.24, 2.45) is 0 Å². The minimum Gasteiger partial charge on any atom is -0.477 e. The fourth-order valence-corrected chi connectivity index (χ4v) is 20.3. The number of aliphatic hydroxyl groups excluding tert-OH is 4. The first kappa shape index (κ1) is 99.0. The van der Waals surface area contributed by atoms with Crippen molar-refractivity contribution in [3.05, 3.63) is 207 Å². The Kier molecular flexibility index (Phi) is 41.8. The molecule has 0 spiro atoms. The van der Waals surface area contributed by atoms with Gasteiger partial charge in [0, 0.05) is 86.1 Å². The van der Waals surface area contributed by atoms with Gasteiger partial charge in [-0.15, -0.1) is 45.3 Å². The molecular formula is C99H130N4O17S4. The Morgan fingerprint density at radius 2 is 0.548 bits per heavy atom. The predicted molar refractivity (Wildman–Crippen MR) is 496 cm³/mol. The van der Waals surface area contributed by atoms with Crippen LogP contribution in [-0.2, 0) is 49.8 Å². The van der Waals surface area contributed by atoms with Crippen LogP contribution in [0, 0.1) is 0 Å². The molecule has 0 radical (unpaired) electrons. The van der Waals surface area contributed by atoms with Crippen LogP contribution >= 0.6 is 45.3 Å². The van der Waals surface area contributed by atoms with Gasteiger partial charge in [0.05, 0.1) is 43.7 Å². The summed E-state index contributed by atoms with van der Waals surface area (Å²) in [5, 5.41) is 77.9. The van der Waals surface area contributed by atoms with Gasteiger partial charge in [-0.2, -0.15) is 0 Å². The quantitative estimate of drug-likeness (QED) is 0.0164. The molecule has 4 aliphatic rings. The summed E-state index contributed by atoms with van der Waals surface area (Å²) >= 11 is 5.19. The van der Waals surface area contributed by atoms with Crippen LogP contribution in [0.15, 0.2) is 146 Å². The first-order valence-electron chi connectivity index (χ1n) is 45.2. The van der Waals surface area contributed by atoms with Crippen molar-refractivity contribution in [1.82, 2.24) is 0 Å². The minimum absolute atomic E-state index is 0.0452. The molecule has 12 rings (SSSR count). The van der Waals surface area contributed by atoms with Crippen LogP contribution in [0.2, 0.25) is 0 Å². The molecule has 4 unspecified atom stereocenters. The summed E-state index contributed by atoms with van der Waals surface area (Å²) in [4.78, 5) is 107. The molecule has 4 aromatic heterocycles. The van der Waals surface area contributed by atoms with Gasteiger partial charge < -0.3 is 65.2 Å². The Morgan fingerprint density at radius 3 is 0.790 bits per heavy atom. The van der Waals surface area contributed by atoms with E-state index in [1.165, 1.54) is 96.7 Å². The number of hydrogen-bond donors (Lipinski definition) is 8. The minimum atomic E-state index is -0.932. The van der Waals surface area contributed by atoms with Gasteiger partial charge >= 0.3 is 23.9 Å². The van der Waals surface area contributed by atoms with Crippen LogP contribution in [-0.4, -0.2) is 119 Å². The molecule has 0 bridgehead atoms. The van der Waals surface area contributed by atoms with Crippen LogP contribution in [0.25, 0.3) is 0 Å². The normalized spacial score (nSPS) is 17.3. The number of anilines is 4. The SMILES string of the molecule is CCCCCCC(O)c1ccc(N2C(=O)CC[C@H]2CCCc2ccc(C(=O)O)s2)cc1.CCCCCCC(O)c1ccc(N2C(=O)CC[C@H]2CCCc2ccc(C(=O)O)s2)cc1.CCCCCCC(O)c1ccc(N2C(=O)CC[C@H]2CCCc2ccc(C(=O)O)s2)cc1.CCCCCCC(O)c1ccc(N2C(=O)CC[C@H]2COCc2ccc(C(=O)O)s2)cc1. The zero-order valence-electron chi connectivity index (χ0n) is 72.7. The number of carboxylic acids is 4. The maximum atomic E-state index is 12.5. The van der Waals surface area contributed by atoms with Crippen LogP contribution in [0.1, 0.15) is 351 Å². The first-order chi connectivity index (χ1) is 60.0. The molecule has 0 aliphatic carbocycles. The summed E-state index contributed by atoms with van der Waals surface area (Å²) < 4.78 is 5.81. The second-order valence-electron chi connectivity index (χ2n) is 33.1. The monoisotopic (exact) mass is 1770 g/mol. The third kappa shape index (κ3) is 30.8. The molecule has 25 heteroatoms. The van der Waals surface area contributed by atoms with Gasteiger partial charge in [-0.05, 0) is 228 Å². The number of benzene rings is 4. The van der Waals surface area contributed by atoms with Gasteiger partial charge in [0.25, 0.3) is 0 Å². The van der Waals surface area contributed by atoms with Gasteiger partial charge in [0.2, 0.25) is 23.6 Å². The summed E-state index contributed by atoms with van der Waals surface area (Å²) in [6.07, 6.45) is 32.9. The van der Waals surface area contributed by atoms with E-state index >= 15 is 0 Å². The summed E-state index contributed by atoms with van der Waals surface area (Å²) in [5.41, 5.74) is 7.14. The Balaban J connectivity index is 0.000000187. The number of aliphatic hydroxyl groups is 4. The molecule has 4 fully saturated rings. The number of aryl methyl sites for hydroxylation is 3. The third-order valence-electron chi connectivity index (χ3n) is 23.8. The van der Waals surface area contributed by atoms with Gasteiger partial charge in [-0.1, -0.05) is 179 Å². The van der Waals surface area contributed by atoms with Crippen LogP contribution in [0.4, 0.5) is 22.7 Å². The lowest BCUT2D eigenvalue weighted by molar-refractivity contribution is -0.118. The standard InChI is InChI=1S/3C25H33NO4S.C24H31NO5S/c3*1-2-3-4-5-9-22(27)18-10-12-20(13-11-18)26-19(14-17-24(26)28)7-6-8-21-15-16-23(31-21)25(29)30;1-2-3-4-5-6-21(26)17-7-9-18(10-8-17)25-19(11-14-23(25)27)15-30-16-20-12-13-22(31-20)24(28)29/h3*10-13,15-16,19,22,27H,2-9,14,17H2,1H3,(H,29,30);7-10,12-13,19,21,26H,2-6,11,14-16H2,1H3,(H,28,29)/t3*19-,22?;19-,21?/m1110/s1. The van der Waals surface area contributed by atoms with E-state index in [4.69, 9.17) is 25.2 Å². The molecule has 124 heavy (non-hydrogen) atoms. The predicted octanol–water partition coefficient (Wildman–Crippen LogP) is 23.1. The summed E-state index contributed by atoms with van der Waals surface area (Å²) in [5.74, 6) is -3.02. The lowest BCUT2D eigenvalue weighted by Gasteiger charge is -2.25. The highest BCUT2D eigenvalue weighted by atomic mass is 32.1. The molecule has 4 aliphatic heterocycles. The van der Waals surface area contributed by atoms with Crippen molar-refractivity contribution in [2.45, 2.75) is 320 Å². The van der Waals surface area contributed by atoms with Crippen LogP contribution < -0.4 is 19.6 Å². The Labute approximate surface area is 748 Å². The highest BCUT2D eigenvalue weighted by molar-refractivity contribution is 7.14. The number of carboxylic acid groups (broad SMARTS) is 4. The molecule has 21 nitrogen and oxygen atoms in total. The highest BCUT2D eigenvalue weighted by Crippen LogP contribution is 2.38. The van der Waals surface area contributed by atoms with E-state index in [1.807, 2.05) is 130 Å². The molecule has 8 aromatic rings. The molecule has 8 atom stereocenters. The number of hydrogen-bond acceptors (Lipinski definition) is 17. The number of unbranched alkanes of at least 4 members (excludes halogenated alkanes) is 12. The van der Waals surface area contributed by atoms with Gasteiger partial charge in [0.15, 0.2) is 0 Å². The lowest BCUT2D eigenvalue weighted by Crippen LogP contribution is -2.36. The van der Waals surface area contributed by atoms with E-state index in [0.29, 0.717) is 58.4 Å². The van der Waals surface area contributed by atoms with E-state index in [-0.39, 0.29) is 47.8 Å². The first-order valence-corrected chi connectivity index (χ1v) is 48.5. The highest BCUT2D eigenvalue weighted by Gasteiger charge is 2.36. The summed E-state index contributed by atoms with van der Waals surface area (Å²) in [6.45, 7) is 9.44. The van der Waals surface area contributed by atoms with Crippen molar-refractivity contribution < 1.29 is 83.9 Å². The molecule has 672 valence electrons. The Bertz CT molecular complexity index is 4020. The fraction of sp³-hybridized carbons (Fsp3) is 0.515. The van der Waals surface area contributed by atoms with E-state index in [2.05, 4.69) is 27.7 Å². The number of rotatable bonds is 48. The average Bonchev–Trinajstić information content (AvgIpc) is 1.70. The summed E-state index contributed by atoms with van der Waals surface area (Å²) in [6, 6.07) is 45.5. The molecular weight excluding hydrogens is 1650 g/mol. The smallest absolute Gasteiger partial charge is 0.345 e. The maximum Gasteiger partial charge on any atom is 0.345 e. The van der Waals surface area contributed by atoms with Crippen LogP contribution in [0.3, 0.4) is 0 Å². The molecule has 4 amide bonds. The van der Waals surface area contributed by atoms with E-state index in [1.54, 1.807) is 35.2 Å². The fourth-order valence-electron chi connectivity index (χ4n) is 16.8. The number of amides is 4. The average molecular weight is 1780 g/mol. The number of carbonyl (C=O) groups excluding carboxylic acids is 4. The third-order valence-corrected chi connectivity index (χ3v) is 28.2. The van der Waals surface area contributed by atoms with Crippen LogP contribution in [0.5, 0.6) is 0 Å². The number of carbonyl (C=O) groups is 8. The van der Waals surface area contributed by atoms with Gasteiger partial charge in [0.1, 0.15) is 19.5 Å². The van der Waals surface area contributed by atoms with Crippen molar-refractivity contribution in [3.63, 3.8) is 0 Å². The second-order valence-corrected chi connectivity index (χ2v) is 37.8. The number of thiophene rings is 4. The summed E-state index contributed by atoms with van der Waals surface area (Å²) in [7, 11) is 0. The molecule has 8 N–H and O–H groups in total. The maximum absolute atomic E-state index is 12.5. The van der Waals surface area contributed by atoms with E-state index in [9.17, 15) is 58.8 Å². The lowest BCUT2D eigenvalue weighted by atomic mass is 10.0. The van der Waals surface area contributed by atoms with E-state index < -0.39 is 48.3 Å². The number of ether oxygens (including phenoxy) is 1. The molecule has 8 heterocycles. The number of nitrogens with zero attached hydrogens (tertiary/aromatic N) is 4. The largest absolute Gasteiger partial charge is 0.477 e. The molecule has 4 saturated heterocycles. The Hall–Kier alpha value is -8.76.